The molecule has 1 aliphatic heterocycles. The predicted octanol–water partition coefficient (Wildman–Crippen LogP) is 0.696. The first-order valence-electron chi connectivity index (χ1n) is 3.16. The van der Waals surface area contributed by atoms with Gasteiger partial charge < -0.3 is 4.74 Å². The molecule has 0 amide bonds. The summed E-state index contributed by atoms with van der Waals surface area (Å²) in [6.07, 6.45) is 2.20. The largest absolute Gasteiger partial charge is 0.381 e. The van der Waals surface area contributed by atoms with Crippen LogP contribution in [-0.4, -0.2) is 19.8 Å². The van der Waals surface area contributed by atoms with Crippen molar-refractivity contribution >= 4 is 0 Å². The van der Waals surface area contributed by atoms with Crippen LogP contribution in [0.5, 0.6) is 0 Å². The molecule has 0 atom stereocenters. The molecular weight excluding hydrogens is 102 g/mol. The van der Waals surface area contributed by atoms with Crippen molar-refractivity contribution in [1.82, 2.24) is 5.73 Å². The Hall–Kier alpha value is -0.0800. The lowest BCUT2D eigenvalue weighted by Crippen LogP contribution is -2.18. The van der Waals surface area contributed by atoms with Crippen LogP contribution in [0, 0.1) is 5.92 Å². The maximum Gasteiger partial charge on any atom is 0.0469 e. The van der Waals surface area contributed by atoms with Crippen molar-refractivity contribution in [2.45, 2.75) is 12.8 Å². The van der Waals surface area contributed by atoms with Crippen LogP contribution >= 0.6 is 0 Å². The quantitative estimate of drug-likeness (QED) is 0.494. The Balaban J connectivity index is 2.13. The number of hydrogen-bond donors (Lipinski definition) is 0. The molecule has 1 saturated heterocycles. The van der Waals surface area contributed by atoms with E-state index in [1.165, 1.54) is 0 Å². The monoisotopic (exact) mass is 114 g/mol. The van der Waals surface area contributed by atoms with Crippen molar-refractivity contribution in [3.05, 3.63) is 0 Å². The molecule has 1 fully saturated rings. The molecule has 1 rings (SSSR count). The SMILES string of the molecule is [NH]CC1CCOCC1. The molecule has 0 aromatic rings. The summed E-state index contributed by atoms with van der Waals surface area (Å²) in [5.74, 6) is 0.628. The van der Waals surface area contributed by atoms with Crippen LogP contribution in [0.4, 0.5) is 0 Å². The molecule has 1 aliphatic rings. The van der Waals surface area contributed by atoms with E-state index in [1.54, 1.807) is 0 Å². The van der Waals surface area contributed by atoms with Gasteiger partial charge in [-0.15, -0.1) is 0 Å². The molecule has 0 aromatic carbocycles. The van der Waals surface area contributed by atoms with Gasteiger partial charge in [0.1, 0.15) is 0 Å². The third kappa shape index (κ3) is 1.46. The average Bonchev–Trinajstić information content (AvgIpc) is 1.90. The lowest BCUT2D eigenvalue weighted by molar-refractivity contribution is 0.0684. The molecule has 0 unspecified atom stereocenters. The lowest BCUT2D eigenvalue weighted by Gasteiger charge is -2.19. The topological polar surface area (TPSA) is 33.0 Å². The smallest absolute Gasteiger partial charge is 0.0469 e. The first-order valence-corrected chi connectivity index (χ1v) is 3.16. The number of nitrogens with one attached hydrogen (secondary N) is 1. The molecule has 0 spiro atoms. The van der Waals surface area contributed by atoms with Gasteiger partial charge in [-0.05, 0) is 18.8 Å². The van der Waals surface area contributed by atoms with E-state index in [9.17, 15) is 0 Å². The summed E-state index contributed by atoms with van der Waals surface area (Å²) in [4.78, 5) is 0. The van der Waals surface area contributed by atoms with Crippen LogP contribution in [0.15, 0.2) is 0 Å². The van der Waals surface area contributed by atoms with Crippen molar-refractivity contribution in [3.63, 3.8) is 0 Å². The predicted molar refractivity (Wildman–Crippen MR) is 31.5 cm³/mol. The Morgan fingerprint density at radius 2 is 2.00 bits per heavy atom. The zero-order valence-corrected chi connectivity index (χ0v) is 5.02. The van der Waals surface area contributed by atoms with Crippen molar-refractivity contribution in [1.29, 1.82) is 0 Å². The van der Waals surface area contributed by atoms with Crippen molar-refractivity contribution in [2.75, 3.05) is 19.8 Å². The first-order chi connectivity index (χ1) is 3.93. The highest BCUT2D eigenvalue weighted by molar-refractivity contribution is 4.62. The molecule has 47 valence electrons. The second-order valence-corrected chi connectivity index (χ2v) is 2.26. The molecule has 1 N–H and O–H groups in total. The van der Waals surface area contributed by atoms with Gasteiger partial charge in [-0.3, -0.25) is 5.73 Å². The van der Waals surface area contributed by atoms with E-state index in [-0.39, 0.29) is 0 Å². The third-order valence-corrected chi connectivity index (χ3v) is 1.63. The summed E-state index contributed by atoms with van der Waals surface area (Å²) in [7, 11) is 0. The zero-order chi connectivity index (χ0) is 5.82. The van der Waals surface area contributed by atoms with Crippen molar-refractivity contribution in [3.8, 4) is 0 Å². The molecule has 8 heavy (non-hydrogen) atoms. The summed E-state index contributed by atoms with van der Waals surface area (Å²) < 4.78 is 5.12. The molecule has 1 heterocycles. The summed E-state index contributed by atoms with van der Waals surface area (Å²) >= 11 is 0. The number of ether oxygens (including phenoxy) is 1. The normalized spacial score (nSPS) is 23.6. The van der Waals surface area contributed by atoms with E-state index in [0.29, 0.717) is 12.5 Å². The minimum Gasteiger partial charge on any atom is -0.381 e. The van der Waals surface area contributed by atoms with E-state index in [4.69, 9.17) is 10.5 Å². The van der Waals surface area contributed by atoms with Crippen LogP contribution in [0.2, 0.25) is 0 Å². The summed E-state index contributed by atoms with van der Waals surface area (Å²) in [5.41, 5.74) is 7.04. The molecule has 2 nitrogen and oxygen atoms in total. The van der Waals surface area contributed by atoms with Gasteiger partial charge in [0.15, 0.2) is 0 Å². The van der Waals surface area contributed by atoms with Crippen LogP contribution in [0.1, 0.15) is 12.8 Å². The van der Waals surface area contributed by atoms with Gasteiger partial charge in [0.25, 0.3) is 0 Å². The molecule has 0 aliphatic carbocycles. The highest BCUT2D eigenvalue weighted by Gasteiger charge is 2.10. The van der Waals surface area contributed by atoms with Crippen LogP contribution < -0.4 is 5.73 Å². The molecular formula is C6H12NO. The molecule has 0 saturated carbocycles. The molecule has 1 radical (unpaired) electrons. The highest BCUT2D eigenvalue weighted by atomic mass is 16.5. The fourth-order valence-electron chi connectivity index (χ4n) is 0.951. The van der Waals surface area contributed by atoms with Crippen molar-refractivity contribution < 1.29 is 4.74 Å². The average molecular weight is 114 g/mol. The summed E-state index contributed by atoms with van der Waals surface area (Å²) in [5, 5.41) is 0. The van der Waals surface area contributed by atoms with Gasteiger partial charge in [-0.2, -0.15) is 0 Å². The van der Waals surface area contributed by atoms with Crippen LogP contribution in [0.3, 0.4) is 0 Å². The van der Waals surface area contributed by atoms with E-state index in [2.05, 4.69) is 0 Å². The summed E-state index contributed by atoms with van der Waals surface area (Å²) in [6, 6.07) is 0. The standard InChI is InChI=1S/C6H12NO/c7-5-6-1-3-8-4-2-6/h6-7H,1-5H2. The zero-order valence-electron chi connectivity index (χ0n) is 5.02. The molecule has 0 aromatic heterocycles. The lowest BCUT2D eigenvalue weighted by atomic mass is 10.0. The third-order valence-electron chi connectivity index (χ3n) is 1.63. The molecule has 0 bridgehead atoms. The van der Waals surface area contributed by atoms with E-state index in [1.807, 2.05) is 0 Å². The van der Waals surface area contributed by atoms with E-state index < -0.39 is 0 Å². The van der Waals surface area contributed by atoms with Crippen LogP contribution in [0.25, 0.3) is 0 Å². The fraction of sp³-hybridized carbons (Fsp3) is 1.00. The Morgan fingerprint density at radius 3 is 2.38 bits per heavy atom. The Labute approximate surface area is 50.0 Å². The molecule has 2 heteroatoms. The van der Waals surface area contributed by atoms with Crippen molar-refractivity contribution in [2.24, 2.45) is 5.92 Å². The number of hydrogen-bond acceptors (Lipinski definition) is 1. The van der Waals surface area contributed by atoms with E-state index in [0.717, 1.165) is 26.1 Å². The Bertz CT molecular complexity index is 59.5. The highest BCUT2D eigenvalue weighted by Crippen LogP contribution is 2.12. The maximum atomic E-state index is 7.04. The van der Waals surface area contributed by atoms with Gasteiger partial charge in [-0.25, -0.2) is 0 Å². The van der Waals surface area contributed by atoms with E-state index >= 15 is 0 Å². The maximum absolute atomic E-state index is 7.04. The minimum absolute atomic E-state index is 0.587. The van der Waals surface area contributed by atoms with Gasteiger partial charge in [-0.1, -0.05) is 0 Å². The fourth-order valence-corrected chi connectivity index (χ4v) is 0.951. The van der Waals surface area contributed by atoms with Gasteiger partial charge in [0, 0.05) is 19.8 Å². The Kier molecular flexibility index (Phi) is 2.30. The van der Waals surface area contributed by atoms with Gasteiger partial charge in [0.2, 0.25) is 0 Å². The number of rotatable bonds is 1. The second kappa shape index (κ2) is 3.05. The Morgan fingerprint density at radius 1 is 1.38 bits per heavy atom. The first kappa shape index (κ1) is 6.05. The minimum atomic E-state index is 0.587. The van der Waals surface area contributed by atoms with Gasteiger partial charge in [0.05, 0.1) is 0 Å². The summed E-state index contributed by atoms with van der Waals surface area (Å²) in [6.45, 7) is 2.34. The van der Waals surface area contributed by atoms with Gasteiger partial charge >= 0.3 is 0 Å². The van der Waals surface area contributed by atoms with Crippen LogP contribution in [-0.2, 0) is 4.74 Å². The second-order valence-electron chi connectivity index (χ2n) is 2.26.